The first-order valence-corrected chi connectivity index (χ1v) is 7.20. The molecule has 1 saturated carbocycles. The lowest BCUT2D eigenvalue weighted by atomic mass is 9.90. The highest BCUT2D eigenvalue weighted by Gasteiger charge is 2.29. The molecule has 0 radical (unpaired) electrons. The van der Waals surface area contributed by atoms with E-state index in [0.29, 0.717) is 12.1 Å². The Hall–Kier alpha value is -0.450. The van der Waals surface area contributed by atoms with E-state index in [1.165, 1.54) is 19.3 Å². The van der Waals surface area contributed by atoms with Crippen LogP contribution in [0.1, 0.15) is 44.5 Å². The van der Waals surface area contributed by atoms with Gasteiger partial charge in [0.2, 0.25) is 0 Å². The molecular formula is C13H22N2OS. The lowest BCUT2D eigenvalue weighted by molar-refractivity contribution is 0.0537. The second-order valence-electron chi connectivity index (χ2n) is 5.33. The molecule has 1 fully saturated rings. The van der Waals surface area contributed by atoms with Crippen molar-refractivity contribution in [3.63, 3.8) is 0 Å². The van der Waals surface area contributed by atoms with Crippen molar-refractivity contribution in [2.45, 2.75) is 57.2 Å². The Kier molecular flexibility index (Phi) is 4.17. The highest BCUT2D eigenvalue weighted by molar-refractivity contribution is 7.09. The summed E-state index contributed by atoms with van der Waals surface area (Å²) in [4.78, 5) is 4.42. The first kappa shape index (κ1) is 13.0. The van der Waals surface area contributed by atoms with Gasteiger partial charge < -0.3 is 10.1 Å². The molecule has 2 unspecified atom stereocenters. The third-order valence-electron chi connectivity index (χ3n) is 3.49. The van der Waals surface area contributed by atoms with Crippen LogP contribution in [0.15, 0.2) is 11.6 Å². The monoisotopic (exact) mass is 254 g/mol. The van der Waals surface area contributed by atoms with Crippen LogP contribution in [0.25, 0.3) is 0 Å². The van der Waals surface area contributed by atoms with Gasteiger partial charge in [-0.15, -0.1) is 11.3 Å². The van der Waals surface area contributed by atoms with Crippen LogP contribution in [0.4, 0.5) is 0 Å². The molecular weight excluding hydrogens is 232 g/mol. The molecule has 1 aliphatic rings. The zero-order valence-electron chi connectivity index (χ0n) is 10.9. The summed E-state index contributed by atoms with van der Waals surface area (Å²) < 4.78 is 5.47. The average molecular weight is 254 g/mol. The second kappa shape index (κ2) is 5.46. The molecule has 2 atom stereocenters. The van der Waals surface area contributed by atoms with Crippen molar-refractivity contribution in [1.29, 1.82) is 0 Å². The molecule has 0 amide bonds. The van der Waals surface area contributed by atoms with Crippen molar-refractivity contribution in [3.05, 3.63) is 16.6 Å². The number of ether oxygens (including phenoxy) is 1. The van der Waals surface area contributed by atoms with Crippen molar-refractivity contribution in [2.24, 2.45) is 0 Å². The fraction of sp³-hybridized carbons (Fsp3) is 0.769. The molecule has 3 nitrogen and oxygen atoms in total. The van der Waals surface area contributed by atoms with Gasteiger partial charge in [0, 0.05) is 24.7 Å². The maximum atomic E-state index is 5.47. The fourth-order valence-electron chi connectivity index (χ4n) is 2.59. The van der Waals surface area contributed by atoms with Crippen LogP contribution >= 0.6 is 11.3 Å². The summed E-state index contributed by atoms with van der Waals surface area (Å²) in [5.41, 5.74) is -0.0333. The highest BCUT2D eigenvalue weighted by atomic mass is 32.1. The van der Waals surface area contributed by atoms with E-state index in [1.54, 1.807) is 11.3 Å². The molecule has 0 spiro atoms. The van der Waals surface area contributed by atoms with Gasteiger partial charge in [-0.3, -0.25) is 0 Å². The van der Waals surface area contributed by atoms with Crippen LogP contribution in [0, 0.1) is 0 Å². The van der Waals surface area contributed by atoms with E-state index in [-0.39, 0.29) is 5.54 Å². The van der Waals surface area contributed by atoms with Crippen molar-refractivity contribution < 1.29 is 4.74 Å². The zero-order chi connectivity index (χ0) is 12.3. The van der Waals surface area contributed by atoms with Crippen LogP contribution in [-0.4, -0.2) is 24.2 Å². The third-order valence-corrected chi connectivity index (χ3v) is 4.59. The Balaban J connectivity index is 1.96. The van der Waals surface area contributed by atoms with E-state index in [4.69, 9.17) is 4.74 Å². The number of hydrogen-bond acceptors (Lipinski definition) is 4. The van der Waals surface area contributed by atoms with E-state index < -0.39 is 0 Å². The molecule has 0 bridgehead atoms. The van der Waals surface area contributed by atoms with Crippen molar-refractivity contribution in [3.8, 4) is 0 Å². The van der Waals surface area contributed by atoms with Gasteiger partial charge in [-0.05, 0) is 39.5 Å². The van der Waals surface area contributed by atoms with Gasteiger partial charge in [0.15, 0.2) is 0 Å². The quantitative estimate of drug-likeness (QED) is 0.897. The van der Waals surface area contributed by atoms with Gasteiger partial charge in [-0.1, -0.05) is 0 Å². The van der Waals surface area contributed by atoms with Gasteiger partial charge in [0.25, 0.3) is 0 Å². The minimum Gasteiger partial charge on any atom is -0.381 e. The molecule has 0 saturated heterocycles. The van der Waals surface area contributed by atoms with Gasteiger partial charge in [-0.25, -0.2) is 4.98 Å². The minimum atomic E-state index is -0.0333. The van der Waals surface area contributed by atoms with Crippen LogP contribution in [0.5, 0.6) is 0 Å². The van der Waals surface area contributed by atoms with Crippen molar-refractivity contribution >= 4 is 11.3 Å². The Morgan fingerprint density at radius 1 is 1.47 bits per heavy atom. The first-order chi connectivity index (χ1) is 8.12. The summed E-state index contributed by atoms with van der Waals surface area (Å²) >= 11 is 1.72. The number of hydrogen-bond donors (Lipinski definition) is 1. The molecule has 4 heteroatoms. The number of aromatic nitrogens is 1. The normalized spacial score (nSPS) is 26.1. The standard InChI is InChI=1S/C13H22N2OS/c1-13(2,12-14-7-8-17-12)15-10-5-4-6-11(9-10)16-3/h7-8,10-11,15H,4-6,9H2,1-3H3. The third kappa shape index (κ3) is 3.27. The Morgan fingerprint density at radius 3 is 2.94 bits per heavy atom. The maximum Gasteiger partial charge on any atom is 0.112 e. The zero-order valence-corrected chi connectivity index (χ0v) is 11.7. The molecule has 1 aliphatic carbocycles. The summed E-state index contributed by atoms with van der Waals surface area (Å²) in [6.07, 6.45) is 7.12. The molecule has 1 aromatic rings. The molecule has 0 aliphatic heterocycles. The van der Waals surface area contributed by atoms with Crippen molar-refractivity contribution in [2.75, 3.05) is 7.11 Å². The van der Waals surface area contributed by atoms with Gasteiger partial charge in [-0.2, -0.15) is 0 Å². The van der Waals surface area contributed by atoms with E-state index in [1.807, 2.05) is 18.7 Å². The summed E-state index contributed by atoms with van der Waals surface area (Å²) in [5, 5.41) is 6.93. The molecule has 1 N–H and O–H groups in total. The van der Waals surface area contributed by atoms with E-state index >= 15 is 0 Å². The lowest BCUT2D eigenvalue weighted by Gasteiger charge is -2.35. The smallest absolute Gasteiger partial charge is 0.112 e. The van der Waals surface area contributed by atoms with Crippen LogP contribution < -0.4 is 5.32 Å². The number of thiazole rings is 1. The molecule has 0 aromatic carbocycles. The number of methoxy groups -OCH3 is 1. The average Bonchev–Trinajstić information content (AvgIpc) is 2.83. The highest BCUT2D eigenvalue weighted by Crippen LogP contribution is 2.27. The first-order valence-electron chi connectivity index (χ1n) is 6.32. The van der Waals surface area contributed by atoms with Gasteiger partial charge in [0.1, 0.15) is 5.01 Å². The Morgan fingerprint density at radius 2 is 2.29 bits per heavy atom. The summed E-state index contributed by atoms with van der Waals surface area (Å²) in [7, 11) is 1.82. The fourth-order valence-corrected chi connectivity index (χ4v) is 3.32. The Bertz CT molecular complexity index is 337. The van der Waals surface area contributed by atoms with Crippen LogP contribution in [0.3, 0.4) is 0 Å². The predicted octanol–water partition coefficient (Wildman–Crippen LogP) is 2.93. The van der Waals surface area contributed by atoms with Gasteiger partial charge in [0.05, 0.1) is 11.6 Å². The number of nitrogens with zero attached hydrogens (tertiary/aromatic N) is 1. The summed E-state index contributed by atoms with van der Waals surface area (Å²) in [5.74, 6) is 0. The second-order valence-corrected chi connectivity index (χ2v) is 6.22. The summed E-state index contributed by atoms with van der Waals surface area (Å²) in [6.45, 7) is 4.42. The maximum absolute atomic E-state index is 5.47. The lowest BCUT2D eigenvalue weighted by Crippen LogP contribution is -2.46. The van der Waals surface area contributed by atoms with E-state index in [0.717, 1.165) is 11.4 Å². The van der Waals surface area contributed by atoms with Gasteiger partial charge >= 0.3 is 0 Å². The number of rotatable bonds is 4. The molecule has 2 rings (SSSR count). The minimum absolute atomic E-state index is 0.0333. The molecule has 17 heavy (non-hydrogen) atoms. The topological polar surface area (TPSA) is 34.1 Å². The molecule has 1 heterocycles. The van der Waals surface area contributed by atoms with Crippen LogP contribution in [-0.2, 0) is 10.3 Å². The predicted molar refractivity (Wildman–Crippen MR) is 71.3 cm³/mol. The molecule has 96 valence electrons. The SMILES string of the molecule is COC1CCCC(NC(C)(C)c2nccs2)C1. The Labute approximate surface area is 108 Å². The molecule has 1 aromatic heterocycles. The summed E-state index contributed by atoms with van der Waals surface area (Å²) in [6, 6.07) is 0.549. The van der Waals surface area contributed by atoms with E-state index in [2.05, 4.69) is 24.1 Å². The van der Waals surface area contributed by atoms with Crippen LogP contribution in [0.2, 0.25) is 0 Å². The largest absolute Gasteiger partial charge is 0.381 e. The number of nitrogens with one attached hydrogen (secondary N) is 1. The van der Waals surface area contributed by atoms with E-state index in [9.17, 15) is 0 Å². The van der Waals surface area contributed by atoms with Crippen molar-refractivity contribution in [1.82, 2.24) is 10.3 Å².